The summed E-state index contributed by atoms with van der Waals surface area (Å²) in [6.07, 6.45) is 2.42. The van der Waals surface area contributed by atoms with E-state index in [2.05, 4.69) is 61.1 Å². The molecule has 2 N–H and O–H groups in total. The first-order valence-electron chi connectivity index (χ1n) is 10.3. The van der Waals surface area contributed by atoms with Crippen LogP contribution in [0.15, 0.2) is 24.3 Å². The van der Waals surface area contributed by atoms with E-state index in [1.54, 1.807) is 0 Å². The summed E-state index contributed by atoms with van der Waals surface area (Å²) in [4.78, 5) is 18.5. The Bertz CT molecular complexity index is 781. The summed E-state index contributed by atoms with van der Waals surface area (Å²) in [6, 6.07) is 8.67. The largest absolute Gasteiger partial charge is 0.367 e. The van der Waals surface area contributed by atoms with Crippen LogP contribution in [0.1, 0.15) is 51.8 Å². The molecule has 0 bridgehead atoms. The van der Waals surface area contributed by atoms with Gasteiger partial charge >= 0.3 is 0 Å². The number of ether oxygens (including phenoxy) is 1. The van der Waals surface area contributed by atoms with E-state index in [0.717, 1.165) is 37.1 Å². The molecule has 2 heterocycles. The normalized spacial score (nSPS) is 20.6. The van der Waals surface area contributed by atoms with Crippen LogP contribution < -0.4 is 5.32 Å². The smallest absolute Gasteiger partial charge is 0.221 e. The second-order valence-electron chi connectivity index (χ2n) is 7.62. The van der Waals surface area contributed by atoms with Gasteiger partial charge < -0.3 is 19.9 Å². The number of carbonyl (C=O) groups excluding carboxylic acids is 1. The third kappa shape index (κ3) is 4.04. The number of amides is 1. The second-order valence-corrected chi connectivity index (χ2v) is 7.62. The molecule has 0 saturated heterocycles. The van der Waals surface area contributed by atoms with E-state index in [4.69, 9.17) is 4.74 Å². The van der Waals surface area contributed by atoms with Gasteiger partial charge in [-0.2, -0.15) is 0 Å². The van der Waals surface area contributed by atoms with Gasteiger partial charge in [-0.1, -0.05) is 39.0 Å². The molecule has 2 aromatic rings. The summed E-state index contributed by atoms with van der Waals surface area (Å²) in [6.45, 7) is 11.6. The van der Waals surface area contributed by atoms with Crippen molar-refractivity contribution in [2.75, 3.05) is 26.2 Å². The van der Waals surface area contributed by atoms with E-state index in [-0.39, 0.29) is 5.91 Å². The number of para-hydroxylation sites is 1. The molecule has 148 valence electrons. The Morgan fingerprint density at radius 2 is 2.04 bits per heavy atom. The third-order valence-electron chi connectivity index (χ3n) is 5.96. The van der Waals surface area contributed by atoms with E-state index in [1.807, 2.05) is 6.07 Å². The fourth-order valence-electron chi connectivity index (χ4n) is 4.33. The quantitative estimate of drug-likeness (QED) is 0.746. The average Bonchev–Trinajstić information content (AvgIpc) is 3.07. The van der Waals surface area contributed by atoms with Gasteiger partial charge in [-0.05, 0) is 44.5 Å². The molecule has 0 fully saturated rings. The fourth-order valence-corrected chi connectivity index (χ4v) is 4.33. The van der Waals surface area contributed by atoms with Crippen LogP contribution in [0.5, 0.6) is 0 Å². The first kappa shape index (κ1) is 19.9. The van der Waals surface area contributed by atoms with Gasteiger partial charge in [-0.25, -0.2) is 0 Å². The molecule has 27 heavy (non-hydrogen) atoms. The Kier molecular flexibility index (Phi) is 6.22. The fraction of sp³-hybridized carbons (Fsp3) is 0.591. The van der Waals surface area contributed by atoms with Crippen LogP contribution in [-0.4, -0.2) is 48.1 Å². The summed E-state index contributed by atoms with van der Waals surface area (Å²) in [5.41, 5.74) is 3.05. The second kappa shape index (κ2) is 8.44. The number of rotatable bonds is 8. The van der Waals surface area contributed by atoms with Crippen molar-refractivity contribution in [1.29, 1.82) is 0 Å². The predicted molar refractivity (Wildman–Crippen MR) is 110 cm³/mol. The summed E-state index contributed by atoms with van der Waals surface area (Å²) in [7, 11) is 0. The first-order valence-corrected chi connectivity index (χ1v) is 10.3. The SMILES string of the molecule is CCC(CC(=O)NCC1(C)OCCc2c1[nH]c1ccccc21)N(CC)CC. The van der Waals surface area contributed by atoms with Gasteiger partial charge in [0.15, 0.2) is 0 Å². The van der Waals surface area contributed by atoms with Gasteiger partial charge in [0.05, 0.1) is 18.8 Å². The number of aromatic amines is 1. The lowest BCUT2D eigenvalue weighted by molar-refractivity contribution is -0.124. The molecule has 1 aliphatic heterocycles. The highest BCUT2D eigenvalue weighted by Crippen LogP contribution is 2.36. The lowest BCUT2D eigenvalue weighted by Crippen LogP contribution is -2.45. The Balaban J connectivity index is 1.70. The number of aromatic nitrogens is 1. The Morgan fingerprint density at radius 3 is 2.74 bits per heavy atom. The number of benzene rings is 1. The molecule has 5 nitrogen and oxygen atoms in total. The highest BCUT2D eigenvalue weighted by molar-refractivity contribution is 5.85. The Labute approximate surface area is 162 Å². The van der Waals surface area contributed by atoms with Crippen molar-refractivity contribution >= 4 is 16.8 Å². The van der Waals surface area contributed by atoms with Gasteiger partial charge in [0.25, 0.3) is 0 Å². The zero-order chi connectivity index (χ0) is 19.4. The maximum atomic E-state index is 12.6. The van der Waals surface area contributed by atoms with Crippen LogP contribution in [0, 0.1) is 0 Å². The lowest BCUT2D eigenvalue weighted by Gasteiger charge is -2.35. The summed E-state index contributed by atoms with van der Waals surface area (Å²) >= 11 is 0. The molecule has 3 rings (SSSR count). The van der Waals surface area contributed by atoms with Gasteiger partial charge in [0, 0.05) is 23.4 Å². The number of nitrogens with one attached hydrogen (secondary N) is 2. The Morgan fingerprint density at radius 1 is 1.30 bits per heavy atom. The standard InChI is InChI=1S/C22H33N3O2/c1-5-16(25(6-2)7-3)14-20(26)23-15-22(4)21-18(12-13-27-22)17-10-8-9-11-19(17)24-21/h8-11,16,24H,5-7,12-15H2,1-4H3,(H,23,26). The van der Waals surface area contributed by atoms with Crippen molar-refractivity contribution < 1.29 is 9.53 Å². The highest BCUT2D eigenvalue weighted by atomic mass is 16.5. The predicted octanol–water partition coefficient (Wildman–Crippen LogP) is 3.58. The number of hydrogen-bond donors (Lipinski definition) is 2. The molecule has 1 aromatic carbocycles. The maximum Gasteiger partial charge on any atom is 0.221 e. The van der Waals surface area contributed by atoms with Crippen molar-refractivity contribution in [2.24, 2.45) is 0 Å². The number of nitrogens with zero attached hydrogens (tertiary/aromatic N) is 1. The van der Waals surface area contributed by atoms with Crippen LogP contribution >= 0.6 is 0 Å². The van der Waals surface area contributed by atoms with Crippen molar-refractivity contribution in [3.05, 3.63) is 35.5 Å². The third-order valence-corrected chi connectivity index (χ3v) is 5.96. The van der Waals surface area contributed by atoms with E-state index in [9.17, 15) is 4.79 Å². The average molecular weight is 372 g/mol. The minimum absolute atomic E-state index is 0.0989. The van der Waals surface area contributed by atoms with Crippen molar-refractivity contribution in [2.45, 2.75) is 58.6 Å². The van der Waals surface area contributed by atoms with Crippen LogP contribution in [0.4, 0.5) is 0 Å². The van der Waals surface area contributed by atoms with Gasteiger partial charge in [0.2, 0.25) is 5.91 Å². The molecule has 1 amide bonds. The zero-order valence-corrected chi connectivity index (χ0v) is 17.1. The molecule has 1 aliphatic rings. The van der Waals surface area contributed by atoms with Gasteiger partial charge in [0.1, 0.15) is 5.60 Å². The highest BCUT2D eigenvalue weighted by Gasteiger charge is 2.36. The molecule has 2 atom stereocenters. The molecule has 5 heteroatoms. The molecule has 0 aliphatic carbocycles. The van der Waals surface area contributed by atoms with Gasteiger partial charge in [-0.15, -0.1) is 0 Å². The monoisotopic (exact) mass is 371 g/mol. The minimum Gasteiger partial charge on any atom is -0.367 e. The van der Waals surface area contributed by atoms with Crippen LogP contribution in [0.25, 0.3) is 10.9 Å². The molecule has 1 aromatic heterocycles. The molecule has 2 unspecified atom stereocenters. The maximum absolute atomic E-state index is 12.6. The summed E-state index contributed by atoms with van der Waals surface area (Å²) in [5.74, 6) is 0.0989. The number of H-pyrrole nitrogens is 1. The molecular weight excluding hydrogens is 338 g/mol. The van der Waals surface area contributed by atoms with Crippen molar-refractivity contribution in [1.82, 2.24) is 15.2 Å². The lowest BCUT2D eigenvalue weighted by atomic mass is 9.92. The number of fused-ring (bicyclic) bond motifs is 3. The van der Waals surface area contributed by atoms with Crippen LogP contribution in [0.2, 0.25) is 0 Å². The Hall–Kier alpha value is -1.85. The van der Waals surface area contributed by atoms with Crippen molar-refractivity contribution in [3.8, 4) is 0 Å². The van der Waals surface area contributed by atoms with Crippen molar-refractivity contribution in [3.63, 3.8) is 0 Å². The summed E-state index contributed by atoms with van der Waals surface area (Å²) < 4.78 is 6.14. The first-order chi connectivity index (χ1) is 13.0. The minimum atomic E-state index is -0.515. The van der Waals surface area contributed by atoms with Gasteiger partial charge in [-0.3, -0.25) is 4.79 Å². The van der Waals surface area contributed by atoms with E-state index >= 15 is 0 Å². The van der Waals surface area contributed by atoms with Crippen LogP contribution in [0.3, 0.4) is 0 Å². The van der Waals surface area contributed by atoms with Crippen LogP contribution in [-0.2, 0) is 21.6 Å². The molecule has 0 spiro atoms. The number of carbonyl (C=O) groups is 1. The van der Waals surface area contributed by atoms with E-state index in [0.29, 0.717) is 25.6 Å². The van der Waals surface area contributed by atoms with E-state index in [1.165, 1.54) is 10.9 Å². The molecular formula is C22H33N3O2. The number of hydrogen-bond acceptors (Lipinski definition) is 3. The zero-order valence-electron chi connectivity index (χ0n) is 17.1. The summed E-state index contributed by atoms with van der Waals surface area (Å²) in [5, 5.41) is 4.40. The molecule has 0 saturated carbocycles. The topological polar surface area (TPSA) is 57.4 Å². The molecule has 0 radical (unpaired) electrons. The van der Waals surface area contributed by atoms with E-state index < -0.39 is 5.60 Å².